The van der Waals surface area contributed by atoms with E-state index in [1.54, 1.807) is 0 Å². The molecule has 0 spiro atoms. The number of nitrogens with two attached hydrogens (primary N) is 1. The second-order valence-electron chi connectivity index (χ2n) is 7.07. The maximum Gasteiger partial charge on any atom is 0.0722 e. The molecule has 19 heavy (non-hydrogen) atoms. The van der Waals surface area contributed by atoms with Crippen LogP contribution >= 0.6 is 0 Å². The zero-order valence-electron chi connectivity index (χ0n) is 13.0. The number of nitrogens with zero attached hydrogens (tertiary/aromatic N) is 3. The molecule has 1 aromatic rings. The molecule has 2 unspecified atom stereocenters. The molecule has 2 N–H and O–H groups in total. The second kappa shape index (κ2) is 5.25. The third kappa shape index (κ3) is 3.37. The van der Waals surface area contributed by atoms with Crippen molar-refractivity contribution in [2.75, 3.05) is 13.1 Å². The van der Waals surface area contributed by atoms with E-state index in [-0.39, 0.29) is 5.41 Å². The third-order valence-corrected chi connectivity index (χ3v) is 4.06. The smallest absolute Gasteiger partial charge is 0.0722 e. The van der Waals surface area contributed by atoms with E-state index in [2.05, 4.69) is 43.9 Å². The highest BCUT2D eigenvalue weighted by Crippen LogP contribution is 2.27. The quantitative estimate of drug-likeness (QED) is 0.907. The van der Waals surface area contributed by atoms with Gasteiger partial charge in [0.2, 0.25) is 0 Å². The standard InChI is InChI=1S/C15H28N4/c1-11(16)12-6-7-19(9-12)10-13-8-18(5)17-14(13)15(2,3)4/h8,11-12H,6-7,9-10,16H2,1-5H3. The van der Waals surface area contributed by atoms with Crippen LogP contribution in [0.25, 0.3) is 0 Å². The van der Waals surface area contributed by atoms with Crippen LogP contribution < -0.4 is 5.73 Å². The third-order valence-electron chi connectivity index (χ3n) is 4.06. The normalized spacial score (nSPS) is 22.9. The summed E-state index contributed by atoms with van der Waals surface area (Å²) in [5, 5.41) is 4.64. The van der Waals surface area contributed by atoms with E-state index in [0.717, 1.165) is 19.6 Å². The number of likely N-dealkylation sites (tertiary alicyclic amines) is 1. The van der Waals surface area contributed by atoms with Crippen LogP contribution in [-0.2, 0) is 19.0 Å². The first kappa shape index (κ1) is 14.5. The fourth-order valence-electron chi connectivity index (χ4n) is 2.96. The van der Waals surface area contributed by atoms with E-state index < -0.39 is 0 Å². The molecule has 4 nitrogen and oxygen atoms in total. The lowest BCUT2D eigenvalue weighted by atomic mass is 9.89. The number of aryl methyl sites for hydroxylation is 1. The van der Waals surface area contributed by atoms with Gasteiger partial charge in [-0.2, -0.15) is 5.10 Å². The molecule has 0 saturated carbocycles. The first-order valence-corrected chi connectivity index (χ1v) is 7.28. The summed E-state index contributed by atoms with van der Waals surface area (Å²) in [5.74, 6) is 0.648. The van der Waals surface area contributed by atoms with Crippen molar-refractivity contribution in [3.8, 4) is 0 Å². The Morgan fingerprint density at radius 2 is 2.16 bits per heavy atom. The molecule has 1 saturated heterocycles. The lowest BCUT2D eigenvalue weighted by Gasteiger charge is -2.21. The van der Waals surface area contributed by atoms with Gasteiger partial charge in [0, 0.05) is 43.4 Å². The van der Waals surface area contributed by atoms with E-state index in [4.69, 9.17) is 5.73 Å². The topological polar surface area (TPSA) is 47.1 Å². The van der Waals surface area contributed by atoms with Crippen LogP contribution in [0, 0.1) is 5.92 Å². The van der Waals surface area contributed by atoms with Crippen LogP contribution in [0.5, 0.6) is 0 Å². The summed E-state index contributed by atoms with van der Waals surface area (Å²) in [6, 6.07) is 0.306. The zero-order chi connectivity index (χ0) is 14.2. The molecule has 2 heterocycles. The SMILES string of the molecule is CC(N)C1CCN(Cc2cn(C)nc2C(C)(C)C)C1. The Hall–Kier alpha value is -0.870. The Morgan fingerprint density at radius 1 is 1.47 bits per heavy atom. The van der Waals surface area contributed by atoms with Crippen molar-refractivity contribution in [3.05, 3.63) is 17.5 Å². The highest BCUT2D eigenvalue weighted by Gasteiger charge is 2.28. The van der Waals surface area contributed by atoms with E-state index in [0.29, 0.717) is 12.0 Å². The van der Waals surface area contributed by atoms with E-state index >= 15 is 0 Å². The molecule has 0 aromatic carbocycles. The first-order valence-electron chi connectivity index (χ1n) is 7.28. The van der Waals surface area contributed by atoms with Crippen LogP contribution in [-0.4, -0.2) is 33.8 Å². The lowest BCUT2D eigenvalue weighted by Crippen LogP contribution is -2.30. The molecule has 4 heteroatoms. The first-order chi connectivity index (χ1) is 8.77. The molecule has 0 aliphatic carbocycles. The highest BCUT2D eigenvalue weighted by atomic mass is 15.3. The lowest BCUT2D eigenvalue weighted by molar-refractivity contribution is 0.306. The minimum atomic E-state index is 0.108. The maximum absolute atomic E-state index is 6.01. The summed E-state index contributed by atoms with van der Waals surface area (Å²) in [6.07, 6.45) is 3.39. The van der Waals surface area contributed by atoms with Crippen molar-refractivity contribution in [2.45, 2.75) is 52.1 Å². The average Bonchev–Trinajstić information content (AvgIpc) is 2.85. The largest absolute Gasteiger partial charge is 0.328 e. The summed E-state index contributed by atoms with van der Waals surface area (Å²) < 4.78 is 1.94. The summed E-state index contributed by atoms with van der Waals surface area (Å²) in [5.41, 5.74) is 8.70. The highest BCUT2D eigenvalue weighted by molar-refractivity contribution is 5.24. The number of hydrogen-bond acceptors (Lipinski definition) is 3. The summed E-state index contributed by atoms with van der Waals surface area (Å²) in [4.78, 5) is 2.51. The van der Waals surface area contributed by atoms with Gasteiger partial charge in [-0.25, -0.2) is 0 Å². The molecule has 1 aliphatic heterocycles. The second-order valence-corrected chi connectivity index (χ2v) is 7.07. The van der Waals surface area contributed by atoms with Crippen molar-refractivity contribution < 1.29 is 0 Å². The predicted molar refractivity (Wildman–Crippen MR) is 78.9 cm³/mol. The van der Waals surface area contributed by atoms with Gasteiger partial charge >= 0.3 is 0 Å². The van der Waals surface area contributed by atoms with Gasteiger partial charge in [-0.05, 0) is 25.8 Å². The molecule has 0 bridgehead atoms. The van der Waals surface area contributed by atoms with Gasteiger partial charge in [-0.1, -0.05) is 20.8 Å². The predicted octanol–water partition coefficient (Wildman–Crippen LogP) is 1.89. The van der Waals surface area contributed by atoms with Gasteiger partial charge in [-0.3, -0.25) is 9.58 Å². The Labute approximate surface area is 117 Å². The summed E-state index contributed by atoms with van der Waals surface area (Å²) in [6.45, 7) is 12.1. The number of hydrogen-bond donors (Lipinski definition) is 1. The van der Waals surface area contributed by atoms with Crippen molar-refractivity contribution in [1.82, 2.24) is 14.7 Å². The van der Waals surface area contributed by atoms with Crippen LogP contribution in [0.2, 0.25) is 0 Å². The molecule has 1 fully saturated rings. The Morgan fingerprint density at radius 3 is 2.68 bits per heavy atom. The van der Waals surface area contributed by atoms with Crippen molar-refractivity contribution >= 4 is 0 Å². The molecule has 1 aliphatic rings. The van der Waals surface area contributed by atoms with Crippen LogP contribution in [0.1, 0.15) is 45.4 Å². The molecule has 2 rings (SSSR count). The van der Waals surface area contributed by atoms with E-state index in [1.807, 2.05) is 11.7 Å². The minimum absolute atomic E-state index is 0.108. The Bertz CT molecular complexity index is 428. The van der Waals surface area contributed by atoms with Gasteiger partial charge in [0.15, 0.2) is 0 Å². The maximum atomic E-state index is 6.01. The molecule has 0 radical (unpaired) electrons. The summed E-state index contributed by atoms with van der Waals surface area (Å²) >= 11 is 0. The fourth-order valence-corrected chi connectivity index (χ4v) is 2.96. The summed E-state index contributed by atoms with van der Waals surface area (Å²) in [7, 11) is 2.01. The van der Waals surface area contributed by atoms with Crippen LogP contribution in [0.3, 0.4) is 0 Å². The Kier molecular flexibility index (Phi) is 4.02. The zero-order valence-corrected chi connectivity index (χ0v) is 13.0. The molecular formula is C15H28N4. The average molecular weight is 264 g/mol. The number of rotatable bonds is 3. The van der Waals surface area contributed by atoms with Gasteiger partial charge in [-0.15, -0.1) is 0 Å². The molecule has 108 valence electrons. The molecule has 2 atom stereocenters. The van der Waals surface area contributed by atoms with Gasteiger partial charge in [0.25, 0.3) is 0 Å². The van der Waals surface area contributed by atoms with E-state index in [1.165, 1.54) is 17.7 Å². The van der Waals surface area contributed by atoms with Crippen molar-refractivity contribution in [3.63, 3.8) is 0 Å². The molecule has 0 amide bonds. The fraction of sp³-hybridized carbons (Fsp3) is 0.800. The minimum Gasteiger partial charge on any atom is -0.328 e. The van der Waals surface area contributed by atoms with Gasteiger partial charge in [0.05, 0.1) is 5.69 Å². The Balaban J connectivity index is 2.08. The van der Waals surface area contributed by atoms with Crippen molar-refractivity contribution in [1.29, 1.82) is 0 Å². The van der Waals surface area contributed by atoms with Crippen LogP contribution in [0.4, 0.5) is 0 Å². The monoisotopic (exact) mass is 264 g/mol. The van der Waals surface area contributed by atoms with Crippen LogP contribution in [0.15, 0.2) is 6.20 Å². The van der Waals surface area contributed by atoms with E-state index in [9.17, 15) is 0 Å². The molecular weight excluding hydrogens is 236 g/mol. The van der Waals surface area contributed by atoms with Gasteiger partial charge < -0.3 is 5.73 Å². The van der Waals surface area contributed by atoms with Gasteiger partial charge in [0.1, 0.15) is 0 Å². The van der Waals surface area contributed by atoms with Crippen molar-refractivity contribution in [2.24, 2.45) is 18.7 Å². The number of aromatic nitrogens is 2. The molecule has 1 aromatic heterocycles.